The lowest BCUT2D eigenvalue weighted by Crippen LogP contribution is -2.38. The summed E-state index contributed by atoms with van der Waals surface area (Å²) >= 11 is 0. The first-order valence-electron chi connectivity index (χ1n) is 6.84. The van der Waals surface area contributed by atoms with Gasteiger partial charge in [0.15, 0.2) is 0 Å². The van der Waals surface area contributed by atoms with Crippen molar-refractivity contribution in [1.29, 1.82) is 0 Å². The molecule has 4 nitrogen and oxygen atoms in total. The second kappa shape index (κ2) is 5.92. The van der Waals surface area contributed by atoms with E-state index >= 15 is 0 Å². The van der Waals surface area contributed by atoms with Crippen LogP contribution in [0, 0.1) is 0 Å². The summed E-state index contributed by atoms with van der Waals surface area (Å²) in [4.78, 5) is 14.4. The Bertz CT molecular complexity index is 544. The molecule has 104 valence electrons. The summed E-state index contributed by atoms with van der Waals surface area (Å²) in [5.41, 5.74) is 1.86. The molecule has 0 radical (unpaired) electrons. The van der Waals surface area contributed by atoms with Gasteiger partial charge in [0.05, 0.1) is 19.1 Å². The van der Waals surface area contributed by atoms with Crippen molar-refractivity contribution in [1.82, 2.24) is 0 Å². The standard InChI is InChI=1S/C16H17NO3/c18-16(15-7-4-9-20-15)17(11-13-8-10-19-12-13)14-5-2-1-3-6-14/h1-3,5-6,8,10,12,15H,4,7,9,11H2. The van der Waals surface area contributed by atoms with Gasteiger partial charge in [-0.05, 0) is 31.0 Å². The van der Waals surface area contributed by atoms with Gasteiger partial charge in [0.1, 0.15) is 6.10 Å². The molecule has 0 saturated carbocycles. The number of nitrogens with zero attached hydrogens (tertiary/aromatic N) is 1. The second-order valence-electron chi connectivity index (χ2n) is 4.89. The molecule has 1 saturated heterocycles. The third kappa shape index (κ3) is 2.75. The van der Waals surface area contributed by atoms with Crippen LogP contribution in [0.2, 0.25) is 0 Å². The van der Waals surface area contributed by atoms with E-state index in [4.69, 9.17) is 9.15 Å². The van der Waals surface area contributed by atoms with Crippen LogP contribution in [0.1, 0.15) is 18.4 Å². The predicted octanol–water partition coefficient (Wildman–Crippen LogP) is 2.99. The molecule has 0 bridgehead atoms. The number of carbonyl (C=O) groups excluding carboxylic acids is 1. The van der Waals surface area contributed by atoms with Crippen molar-refractivity contribution in [3.63, 3.8) is 0 Å². The normalized spacial score (nSPS) is 18.1. The highest BCUT2D eigenvalue weighted by Crippen LogP contribution is 2.22. The van der Waals surface area contributed by atoms with Crippen LogP contribution in [-0.2, 0) is 16.1 Å². The third-order valence-electron chi connectivity index (χ3n) is 3.46. The number of hydrogen-bond donors (Lipinski definition) is 0. The zero-order valence-electron chi connectivity index (χ0n) is 11.2. The van der Waals surface area contributed by atoms with Crippen molar-refractivity contribution in [3.8, 4) is 0 Å². The molecular weight excluding hydrogens is 254 g/mol. The van der Waals surface area contributed by atoms with Crippen LogP contribution in [0.15, 0.2) is 53.3 Å². The van der Waals surface area contributed by atoms with Crippen molar-refractivity contribution < 1.29 is 13.9 Å². The molecular formula is C16H17NO3. The van der Waals surface area contributed by atoms with E-state index in [1.54, 1.807) is 17.4 Å². The lowest BCUT2D eigenvalue weighted by atomic mass is 10.1. The van der Waals surface area contributed by atoms with Crippen molar-refractivity contribution in [2.24, 2.45) is 0 Å². The summed E-state index contributed by atoms with van der Waals surface area (Å²) in [6.07, 6.45) is 4.72. The summed E-state index contributed by atoms with van der Waals surface area (Å²) in [6.45, 7) is 1.17. The van der Waals surface area contributed by atoms with Gasteiger partial charge in [-0.25, -0.2) is 0 Å². The number of ether oxygens (including phenoxy) is 1. The molecule has 1 atom stereocenters. The van der Waals surface area contributed by atoms with E-state index in [1.165, 1.54) is 0 Å². The molecule has 0 spiro atoms. The van der Waals surface area contributed by atoms with Gasteiger partial charge in [0, 0.05) is 17.9 Å². The van der Waals surface area contributed by atoms with Crippen LogP contribution in [0.4, 0.5) is 5.69 Å². The van der Waals surface area contributed by atoms with Crippen molar-refractivity contribution >= 4 is 11.6 Å². The van der Waals surface area contributed by atoms with E-state index < -0.39 is 0 Å². The SMILES string of the molecule is O=C(C1CCCO1)N(Cc1ccoc1)c1ccccc1. The zero-order valence-corrected chi connectivity index (χ0v) is 11.2. The van der Waals surface area contributed by atoms with Crippen LogP contribution in [0.3, 0.4) is 0 Å². The Kier molecular flexibility index (Phi) is 3.83. The lowest BCUT2D eigenvalue weighted by molar-refractivity contribution is -0.127. The molecule has 1 aromatic carbocycles. The number of furan rings is 1. The molecule has 1 aliphatic heterocycles. The Morgan fingerprint density at radius 2 is 2.10 bits per heavy atom. The van der Waals surface area contributed by atoms with Crippen LogP contribution >= 0.6 is 0 Å². The van der Waals surface area contributed by atoms with Crippen LogP contribution in [-0.4, -0.2) is 18.6 Å². The number of anilines is 1. The number of benzene rings is 1. The van der Waals surface area contributed by atoms with Gasteiger partial charge in [0.25, 0.3) is 5.91 Å². The molecule has 1 unspecified atom stereocenters. The Morgan fingerprint density at radius 3 is 2.75 bits per heavy atom. The van der Waals surface area contributed by atoms with Gasteiger partial charge < -0.3 is 14.1 Å². The molecule has 1 amide bonds. The fourth-order valence-electron chi connectivity index (χ4n) is 2.42. The Labute approximate surface area is 118 Å². The topological polar surface area (TPSA) is 42.7 Å². The van der Waals surface area contributed by atoms with Gasteiger partial charge in [-0.2, -0.15) is 0 Å². The van der Waals surface area contributed by atoms with E-state index in [1.807, 2.05) is 36.4 Å². The second-order valence-corrected chi connectivity index (χ2v) is 4.89. The predicted molar refractivity (Wildman–Crippen MR) is 75.3 cm³/mol. The summed E-state index contributed by atoms with van der Waals surface area (Å²) in [7, 11) is 0. The van der Waals surface area contributed by atoms with E-state index in [0.717, 1.165) is 24.1 Å². The minimum Gasteiger partial charge on any atom is -0.472 e. The molecule has 0 aliphatic carbocycles. The Morgan fingerprint density at radius 1 is 1.25 bits per heavy atom. The smallest absolute Gasteiger partial charge is 0.256 e. The van der Waals surface area contributed by atoms with Gasteiger partial charge in [-0.15, -0.1) is 0 Å². The lowest BCUT2D eigenvalue weighted by Gasteiger charge is -2.25. The van der Waals surface area contributed by atoms with Gasteiger partial charge >= 0.3 is 0 Å². The van der Waals surface area contributed by atoms with Gasteiger partial charge in [-0.3, -0.25) is 4.79 Å². The zero-order chi connectivity index (χ0) is 13.8. The van der Waals surface area contributed by atoms with Gasteiger partial charge in [0.2, 0.25) is 0 Å². The molecule has 2 aromatic rings. The fourth-order valence-corrected chi connectivity index (χ4v) is 2.42. The molecule has 1 aromatic heterocycles. The maximum Gasteiger partial charge on any atom is 0.256 e. The van der Waals surface area contributed by atoms with Crippen LogP contribution in [0.5, 0.6) is 0 Å². The minimum absolute atomic E-state index is 0.0231. The molecule has 1 fully saturated rings. The van der Waals surface area contributed by atoms with E-state index in [-0.39, 0.29) is 12.0 Å². The van der Waals surface area contributed by atoms with Crippen LogP contribution < -0.4 is 4.90 Å². The highest BCUT2D eigenvalue weighted by atomic mass is 16.5. The van der Waals surface area contributed by atoms with E-state index in [0.29, 0.717) is 13.2 Å². The van der Waals surface area contributed by atoms with Crippen molar-refractivity contribution in [3.05, 3.63) is 54.5 Å². The summed E-state index contributed by atoms with van der Waals surface area (Å²) in [6, 6.07) is 11.6. The van der Waals surface area contributed by atoms with Crippen molar-refractivity contribution in [2.45, 2.75) is 25.5 Å². The quantitative estimate of drug-likeness (QED) is 0.858. The highest BCUT2D eigenvalue weighted by Gasteiger charge is 2.29. The molecule has 20 heavy (non-hydrogen) atoms. The number of rotatable bonds is 4. The summed E-state index contributed by atoms with van der Waals surface area (Å²) < 4.78 is 10.6. The average molecular weight is 271 g/mol. The molecule has 3 rings (SSSR count). The first-order valence-corrected chi connectivity index (χ1v) is 6.84. The molecule has 4 heteroatoms. The Hall–Kier alpha value is -2.07. The van der Waals surface area contributed by atoms with Gasteiger partial charge in [-0.1, -0.05) is 18.2 Å². The highest BCUT2D eigenvalue weighted by molar-refractivity contribution is 5.96. The van der Waals surface area contributed by atoms with Crippen molar-refractivity contribution in [2.75, 3.05) is 11.5 Å². The molecule has 1 aliphatic rings. The summed E-state index contributed by atoms with van der Waals surface area (Å²) in [5.74, 6) is 0.0231. The maximum absolute atomic E-state index is 12.6. The molecule has 0 N–H and O–H groups in total. The largest absolute Gasteiger partial charge is 0.472 e. The first kappa shape index (κ1) is 12.9. The minimum atomic E-state index is -0.317. The van der Waals surface area contributed by atoms with Crippen LogP contribution in [0.25, 0.3) is 0 Å². The third-order valence-corrected chi connectivity index (χ3v) is 3.46. The number of para-hydroxylation sites is 1. The number of hydrogen-bond acceptors (Lipinski definition) is 3. The first-order chi connectivity index (χ1) is 9.84. The average Bonchev–Trinajstić information content (AvgIpc) is 3.18. The van der Waals surface area contributed by atoms with E-state index in [2.05, 4.69) is 0 Å². The van der Waals surface area contributed by atoms with E-state index in [9.17, 15) is 4.79 Å². The maximum atomic E-state index is 12.6. The monoisotopic (exact) mass is 271 g/mol. The number of carbonyl (C=O) groups is 1. The summed E-state index contributed by atoms with van der Waals surface area (Å²) in [5, 5.41) is 0. The number of amides is 1. The fraction of sp³-hybridized carbons (Fsp3) is 0.312. The molecule has 2 heterocycles. The Balaban J connectivity index is 1.84.